The highest BCUT2D eigenvalue weighted by molar-refractivity contribution is 6.35. The molecule has 0 radical (unpaired) electrons. The minimum absolute atomic E-state index is 0.00879. The summed E-state index contributed by atoms with van der Waals surface area (Å²) in [5.74, 6) is 1.20. The van der Waals surface area contributed by atoms with E-state index >= 15 is 0 Å². The van der Waals surface area contributed by atoms with Crippen molar-refractivity contribution in [2.75, 3.05) is 50.8 Å². The predicted molar refractivity (Wildman–Crippen MR) is 166 cm³/mol. The molecule has 2 N–H and O–H groups in total. The van der Waals surface area contributed by atoms with E-state index in [4.69, 9.17) is 21.3 Å². The number of likely N-dealkylation sites (tertiary alicyclic amines) is 1. The van der Waals surface area contributed by atoms with Crippen LogP contribution in [0.3, 0.4) is 0 Å². The highest BCUT2D eigenvalue weighted by Crippen LogP contribution is 2.48. The smallest absolute Gasteiger partial charge is 0.350 e. The summed E-state index contributed by atoms with van der Waals surface area (Å²) >= 11 is 7.17. The molecule has 42 heavy (non-hydrogen) atoms. The lowest BCUT2D eigenvalue weighted by atomic mass is 9.95. The van der Waals surface area contributed by atoms with Crippen LogP contribution in [-0.2, 0) is 0 Å². The number of aromatic nitrogens is 4. The molecule has 4 aromatic rings. The Morgan fingerprint density at radius 3 is 2.81 bits per heavy atom. The summed E-state index contributed by atoms with van der Waals surface area (Å²) in [4.78, 5) is 33.1. The molecule has 2 unspecified atom stereocenters. The summed E-state index contributed by atoms with van der Waals surface area (Å²) in [6, 6.07) is 5.83. The number of aromatic amines is 1. The molecule has 2 saturated heterocycles. The maximum Gasteiger partial charge on any atom is 0.350 e. The van der Waals surface area contributed by atoms with Crippen LogP contribution in [-0.4, -0.2) is 92.6 Å². The van der Waals surface area contributed by atoms with Crippen molar-refractivity contribution in [3.8, 4) is 16.9 Å². The number of benzene rings is 2. The number of nitrogens with zero attached hydrogens (tertiary/aromatic N) is 6. The second-order valence-corrected chi connectivity index (χ2v) is 12.2. The van der Waals surface area contributed by atoms with Gasteiger partial charge in [-0.25, -0.2) is 9.78 Å². The van der Waals surface area contributed by atoms with Gasteiger partial charge in [0.2, 0.25) is 0 Å². The SMILES string of the molecule is C=CC(O)N1CCN(c2nc(=O)n3c4c(c(-c5c(C)ccc6[nH]cnc56)c(Cl)cc24)OCC3CN2CCCC2)[C@@H](C)C1. The number of halogens is 1. The Hall–Kier alpha value is -3.44. The van der Waals surface area contributed by atoms with E-state index in [1.165, 1.54) is 18.9 Å². The van der Waals surface area contributed by atoms with Gasteiger partial charge in [0.25, 0.3) is 0 Å². The Balaban J connectivity index is 1.45. The van der Waals surface area contributed by atoms with E-state index < -0.39 is 6.23 Å². The third kappa shape index (κ3) is 4.40. The summed E-state index contributed by atoms with van der Waals surface area (Å²) in [6.07, 6.45) is 4.85. The predicted octanol–water partition coefficient (Wildman–Crippen LogP) is 3.95. The number of fused-ring (bicyclic) bond motifs is 1. The van der Waals surface area contributed by atoms with E-state index in [1.54, 1.807) is 6.33 Å². The molecule has 3 aliphatic rings. The fourth-order valence-corrected chi connectivity index (χ4v) is 7.31. The molecule has 10 nitrogen and oxygen atoms in total. The number of aliphatic hydroxyl groups is 1. The first-order valence-corrected chi connectivity index (χ1v) is 15.1. The first kappa shape index (κ1) is 27.4. The molecule has 2 aromatic carbocycles. The van der Waals surface area contributed by atoms with E-state index in [0.29, 0.717) is 42.8 Å². The maximum absolute atomic E-state index is 14.0. The largest absolute Gasteiger partial charge is 0.488 e. The summed E-state index contributed by atoms with van der Waals surface area (Å²) in [5.41, 5.74) is 4.82. The van der Waals surface area contributed by atoms with Gasteiger partial charge < -0.3 is 24.6 Å². The lowest BCUT2D eigenvalue weighted by Crippen LogP contribution is -2.55. The Labute approximate surface area is 249 Å². The first-order chi connectivity index (χ1) is 20.4. The number of H-pyrrole nitrogens is 1. The van der Waals surface area contributed by atoms with Crippen molar-refractivity contribution in [1.29, 1.82) is 0 Å². The number of anilines is 1. The molecule has 0 aliphatic carbocycles. The molecule has 5 heterocycles. The number of ether oxygens (including phenoxy) is 1. The average Bonchev–Trinajstić information content (AvgIpc) is 3.68. The lowest BCUT2D eigenvalue weighted by Gasteiger charge is -2.42. The number of hydrogen-bond acceptors (Lipinski definition) is 8. The monoisotopic (exact) mass is 589 g/mol. The van der Waals surface area contributed by atoms with Gasteiger partial charge in [0, 0.05) is 48.7 Å². The zero-order valence-electron chi connectivity index (χ0n) is 24.0. The van der Waals surface area contributed by atoms with Crippen LogP contribution in [0.15, 0.2) is 42.0 Å². The third-order valence-electron chi connectivity index (χ3n) is 9.12. The molecule has 0 amide bonds. The zero-order valence-corrected chi connectivity index (χ0v) is 24.8. The number of hydrogen-bond donors (Lipinski definition) is 2. The van der Waals surface area contributed by atoms with E-state index in [9.17, 15) is 9.90 Å². The minimum Gasteiger partial charge on any atom is -0.488 e. The number of rotatable bonds is 6. The summed E-state index contributed by atoms with van der Waals surface area (Å²) in [5, 5.41) is 11.7. The molecule has 0 saturated carbocycles. The van der Waals surface area contributed by atoms with Crippen molar-refractivity contribution in [2.45, 2.75) is 45.0 Å². The van der Waals surface area contributed by atoms with E-state index in [2.05, 4.69) is 33.3 Å². The van der Waals surface area contributed by atoms with Gasteiger partial charge in [-0.15, -0.1) is 0 Å². The quantitative estimate of drug-likeness (QED) is 0.326. The van der Waals surface area contributed by atoms with Gasteiger partial charge in [-0.1, -0.05) is 24.2 Å². The summed E-state index contributed by atoms with van der Waals surface area (Å²) in [6.45, 7) is 12.8. The van der Waals surface area contributed by atoms with Crippen molar-refractivity contribution >= 4 is 39.4 Å². The molecule has 7 rings (SSSR count). The van der Waals surface area contributed by atoms with Crippen LogP contribution in [0.1, 0.15) is 31.4 Å². The fourth-order valence-electron chi connectivity index (χ4n) is 7.02. The minimum atomic E-state index is -0.714. The summed E-state index contributed by atoms with van der Waals surface area (Å²) in [7, 11) is 0. The Bertz CT molecular complexity index is 1740. The highest BCUT2D eigenvalue weighted by Gasteiger charge is 2.35. The number of piperazine rings is 1. The van der Waals surface area contributed by atoms with Gasteiger partial charge in [0.05, 0.1) is 33.9 Å². The van der Waals surface area contributed by atoms with E-state index in [-0.39, 0.29) is 17.8 Å². The molecule has 2 fully saturated rings. The van der Waals surface area contributed by atoms with Crippen molar-refractivity contribution in [3.05, 3.63) is 58.3 Å². The standard InChI is InChI=1S/C31H36ClN7O3/c1-4-24(40)37-11-12-38(19(3)14-37)30-21-13-22(32)26(25-18(2)7-8-23-27(25)34-17-33-23)29-28(21)39(31(41)35-30)20(16-42-29)15-36-9-5-6-10-36/h4,7-8,13,17,19-20,24,40H,1,5-6,9-12,14-16H2,2-3H3,(H,33,34)/t19-,20?,24?/m0/s1. The molecule has 220 valence electrons. The van der Waals surface area contributed by atoms with E-state index in [0.717, 1.165) is 58.3 Å². The second kappa shape index (κ2) is 10.7. The van der Waals surface area contributed by atoms with Crippen LogP contribution in [0.2, 0.25) is 5.02 Å². The molecule has 11 heteroatoms. The highest BCUT2D eigenvalue weighted by atomic mass is 35.5. The van der Waals surface area contributed by atoms with Gasteiger partial charge in [-0.2, -0.15) is 4.98 Å². The average molecular weight is 590 g/mol. The molecule has 0 spiro atoms. The number of aryl methyl sites for hydroxylation is 1. The molecule has 2 aromatic heterocycles. The van der Waals surface area contributed by atoms with Crippen molar-refractivity contribution in [1.82, 2.24) is 29.3 Å². The first-order valence-electron chi connectivity index (χ1n) is 14.7. The van der Waals surface area contributed by atoms with E-state index in [1.807, 2.05) is 34.6 Å². The molecular formula is C31H36ClN7O3. The van der Waals surface area contributed by atoms with Gasteiger partial charge in [0.1, 0.15) is 18.7 Å². The van der Waals surface area contributed by atoms with Crippen molar-refractivity contribution in [2.24, 2.45) is 0 Å². The van der Waals surface area contributed by atoms with Gasteiger partial charge in [0.15, 0.2) is 5.75 Å². The van der Waals surface area contributed by atoms with Gasteiger partial charge in [-0.3, -0.25) is 9.47 Å². The van der Waals surface area contributed by atoms with Crippen LogP contribution in [0.5, 0.6) is 5.75 Å². The van der Waals surface area contributed by atoms with Gasteiger partial charge >= 0.3 is 5.69 Å². The van der Waals surface area contributed by atoms with Crippen LogP contribution in [0.25, 0.3) is 33.1 Å². The van der Waals surface area contributed by atoms with Crippen molar-refractivity contribution < 1.29 is 9.84 Å². The summed E-state index contributed by atoms with van der Waals surface area (Å²) < 4.78 is 8.49. The Kier molecular flexibility index (Phi) is 6.97. The van der Waals surface area contributed by atoms with Crippen molar-refractivity contribution in [3.63, 3.8) is 0 Å². The zero-order chi connectivity index (χ0) is 29.1. The normalized spacial score (nSPS) is 22.1. The maximum atomic E-state index is 14.0. The Morgan fingerprint density at radius 1 is 1.24 bits per heavy atom. The molecule has 0 bridgehead atoms. The topological polar surface area (TPSA) is 103 Å². The second-order valence-electron chi connectivity index (χ2n) is 11.8. The molecular weight excluding hydrogens is 554 g/mol. The molecule has 3 aliphatic heterocycles. The number of imidazole rings is 1. The Morgan fingerprint density at radius 2 is 2.05 bits per heavy atom. The van der Waals surface area contributed by atoms with Crippen LogP contribution >= 0.6 is 11.6 Å². The molecule has 3 atom stereocenters. The third-order valence-corrected chi connectivity index (χ3v) is 9.41. The van der Waals surface area contributed by atoms with Gasteiger partial charge in [-0.05, 0) is 63.6 Å². The van der Waals surface area contributed by atoms with Crippen LogP contribution in [0.4, 0.5) is 5.82 Å². The van der Waals surface area contributed by atoms with Crippen LogP contribution < -0.4 is 15.3 Å². The number of aliphatic hydroxyl groups excluding tert-OH is 1. The van der Waals surface area contributed by atoms with Crippen LogP contribution in [0, 0.1) is 6.92 Å². The fraction of sp³-hybridized carbons (Fsp3) is 0.452. The number of nitrogens with one attached hydrogen (secondary N) is 1. The lowest BCUT2D eigenvalue weighted by molar-refractivity contribution is 0.0296.